The molecule has 0 saturated carbocycles. The van der Waals surface area contributed by atoms with Crippen LogP contribution in [0, 0.1) is 0 Å². The lowest BCUT2D eigenvalue weighted by Crippen LogP contribution is -2.47. The molecule has 5 rings (SSSR count). The summed E-state index contributed by atoms with van der Waals surface area (Å²) in [7, 11) is 2.08. The molecule has 35 heavy (non-hydrogen) atoms. The molecule has 4 heterocycles. The Hall–Kier alpha value is -3.82. The SMILES string of the molecule is CN1CCN(C(=O)c2cc3cc(Cc4nccc(-c5cc(OCCO)ccn5)n4)ccc3[nH]2)CC1. The maximum absolute atomic E-state index is 12.9. The van der Waals surface area contributed by atoms with Gasteiger partial charge in [0, 0.05) is 62.0 Å². The Bertz CT molecular complexity index is 1330. The monoisotopic (exact) mass is 472 g/mol. The predicted octanol–water partition coefficient (Wildman–Crippen LogP) is 2.37. The van der Waals surface area contributed by atoms with Crippen LogP contribution in [-0.2, 0) is 6.42 Å². The minimum absolute atomic E-state index is 0.0459. The standard InChI is InChI=1S/C26H28N6O3/c1-31-8-10-32(11-9-31)26(34)24-16-19-14-18(2-3-21(19)29-24)15-25-28-7-5-22(30-25)23-17-20(4-6-27-23)35-13-12-33/h2-7,14,16-17,29,33H,8-13,15H2,1H3. The summed E-state index contributed by atoms with van der Waals surface area (Å²) in [6.45, 7) is 3.45. The Morgan fingerprint density at radius 2 is 1.86 bits per heavy atom. The van der Waals surface area contributed by atoms with Crippen LogP contribution in [0.5, 0.6) is 5.75 Å². The third-order valence-electron chi connectivity index (χ3n) is 6.13. The number of ether oxygens (including phenoxy) is 1. The van der Waals surface area contributed by atoms with Gasteiger partial charge in [0.25, 0.3) is 5.91 Å². The summed E-state index contributed by atoms with van der Waals surface area (Å²) in [6.07, 6.45) is 3.93. The van der Waals surface area contributed by atoms with Gasteiger partial charge in [-0.15, -0.1) is 0 Å². The summed E-state index contributed by atoms with van der Waals surface area (Å²) < 4.78 is 5.48. The van der Waals surface area contributed by atoms with Gasteiger partial charge in [-0.25, -0.2) is 9.97 Å². The molecule has 1 aromatic carbocycles. The Balaban J connectivity index is 1.32. The molecule has 180 valence electrons. The van der Waals surface area contributed by atoms with Crippen molar-refractivity contribution in [3.63, 3.8) is 0 Å². The Morgan fingerprint density at radius 1 is 1.03 bits per heavy atom. The number of rotatable bonds is 7. The number of aromatic nitrogens is 4. The van der Waals surface area contributed by atoms with Crippen LogP contribution >= 0.6 is 0 Å². The van der Waals surface area contributed by atoms with Crippen LogP contribution in [0.1, 0.15) is 21.9 Å². The number of aromatic amines is 1. The van der Waals surface area contributed by atoms with Gasteiger partial charge in [0.2, 0.25) is 0 Å². The number of amides is 1. The fourth-order valence-corrected chi connectivity index (χ4v) is 4.20. The molecular formula is C26H28N6O3. The highest BCUT2D eigenvalue weighted by molar-refractivity contribution is 5.98. The number of hydrogen-bond acceptors (Lipinski definition) is 7. The number of fused-ring (bicyclic) bond motifs is 1. The number of aliphatic hydroxyl groups is 1. The predicted molar refractivity (Wildman–Crippen MR) is 132 cm³/mol. The molecule has 1 fully saturated rings. The van der Waals surface area contributed by atoms with E-state index in [2.05, 4.69) is 37.9 Å². The van der Waals surface area contributed by atoms with E-state index >= 15 is 0 Å². The van der Waals surface area contributed by atoms with Gasteiger partial charge in [-0.2, -0.15) is 0 Å². The van der Waals surface area contributed by atoms with Crippen LogP contribution in [0.25, 0.3) is 22.3 Å². The topological polar surface area (TPSA) is 107 Å². The first kappa shape index (κ1) is 22.9. The summed E-state index contributed by atoms with van der Waals surface area (Å²) in [5, 5.41) is 9.96. The highest BCUT2D eigenvalue weighted by atomic mass is 16.5. The third-order valence-corrected chi connectivity index (χ3v) is 6.13. The van der Waals surface area contributed by atoms with E-state index in [0.29, 0.717) is 35.1 Å². The van der Waals surface area contributed by atoms with Crippen LogP contribution < -0.4 is 4.74 Å². The molecular weight excluding hydrogens is 444 g/mol. The van der Waals surface area contributed by atoms with Crippen LogP contribution in [-0.4, -0.2) is 87.2 Å². The molecule has 1 aliphatic heterocycles. The number of pyridine rings is 1. The van der Waals surface area contributed by atoms with Gasteiger partial charge in [-0.05, 0) is 42.9 Å². The van der Waals surface area contributed by atoms with Gasteiger partial charge in [0.05, 0.1) is 18.0 Å². The summed E-state index contributed by atoms with van der Waals surface area (Å²) in [4.78, 5) is 33.9. The van der Waals surface area contributed by atoms with E-state index in [-0.39, 0.29) is 19.1 Å². The minimum Gasteiger partial charge on any atom is -0.491 e. The Morgan fingerprint density at radius 3 is 2.69 bits per heavy atom. The van der Waals surface area contributed by atoms with Crippen molar-refractivity contribution in [1.82, 2.24) is 29.7 Å². The number of H-pyrrole nitrogens is 1. The quantitative estimate of drug-likeness (QED) is 0.425. The first-order chi connectivity index (χ1) is 17.1. The summed E-state index contributed by atoms with van der Waals surface area (Å²) >= 11 is 0. The Labute approximate surface area is 203 Å². The molecule has 0 spiro atoms. The highest BCUT2D eigenvalue weighted by Gasteiger charge is 2.21. The fourth-order valence-electron chi connectivity index (χ4n) is 4.20. The zero-order valence-corrected chi connectivity index (χ0v) is 19.6. The number of aliphatic hydroxyl groups excluding tert-OH is 1. The molecule has 2 N–H and O–H groups in total. The summed E-state index contributed by atoms with van der Waals surface area (Å²) in [5.41, 5.74) is 3.99. The van der Waals surface area contributed by atoms with E-state index in [4.69, 9.17) is 9.84 Å². The van der Waals surface area contributed by atoms with Crippen LogP contribution in [0.2, 0.25) is 0 Å². The lowest BCUT2D eigenvalue weighted by molar-refractivity contribution is 0.0659. The summed E-state index contributed by atoms with van der Waals surface area (Å²) in [6, 6.07) is 13.4. The lowest BCUT2D eigenvalue weighted by atomic mass is 10.1. The molecule has 1 aliphatic rings. The zero-order chi connectivity index (χ0) is 24.2. The van der Waals surface area contributed by atoms with Gasteiger partial charge in [0.15, 0.2) is 0 Å². The number of nitrogens with zero attached hydrogens (tertiary/aromatic N) is 5. The van der Waals surface area contributed by atoms with E-state index in [1.807, 2.05) is 29.2 Å². The summed E-state index contributed by atoms with van der Waals surface area (Å²) in [5.74, 6) is 1.35. The van der Waals surface area contributed by atoms with E-state index in [1.165, 1.54) is 0 Å². The third kappa shape index (κ3) is 5.31. The van der Waals surface area contributed by atoms with Crippen LogP contribution in [0.15, 0.2) is 54.9 Å². The van der Waals surface area contributed by atoms with E-state index in [1.54, 1.807) is 24.5 Å². The molecule has 0 bridgehead atoms. The second-order valence-electron chi connectivity index (χ2n) is 8.68. The van der Waals surface area contributed by atoms with Gasteiger partial charge in [-0.3, -0.25) is 9.78 Å². The lowest BCUT2D eigenvalue weighted by Gasteiger charge is -2.32. The highest BCUT2D eigenvalue weighted by Crippen LogP contribution is 2.22. The number of benzene rings is 1. The molecule has 4 aromatic rings. The molecule has 3 aromatic heterocycles. The van der Waals surface area contributed by atoms with Gasteiger partial charge >= 0.3 is 0 Å². The van der Waals surface area contributed by atoms with Crippen LogP contribution in [0.4, 0.5) is 0 Å². The first-order valence-corrected chi connectivity index (χ1v) is 11.7. The number of carbonyl (C=O) groups is 1. The van der Waals surface area contributed by atoms with Gasteiger partial charge in [0.1, 0.15) is 23.9 Å². The van der Waals surface area contributed by atoms with Crippen molar-refractivity contribution in [2.75, 3.05) is 46.4 Å². The average Bonchev–Trinajstić information content (AvgIpc) is 3.31. The molecule has 0 aliphatic carbocycles. The molecule has 1 saturated heterocycles. The second kappa shape index (κ2) is 10.2. The molecule has 9 nitrogen and oxygen atoms in total. The fraction of sp³-hybridized carbons (Fsp3) is 0.308. The van der Waals surface area contributed by atoms with E-state index in [0.717, 1.165) is 42.6 Å². The maximum Gasteiger partial charge on any atom is 0.270 e. The van der Waals surface area contributed by atoms with Crippen molar-refractivity contribution < 1.29 is 14.6 Å². The number of piperazine rings is 1. The largest absolute Gasteiger partial charge is 0.491 e. The van der Waals surface area contributed by atoms with E-state index < -0.39 is 0 Å². The first-order valence-electron chi connectivity index (χ1n) is 11.7. The smallest absolute Gasteiger partial charge is 0.270 e. The molecule has 0 radical (unpaired) electrons. The molecule has 0 unspecified atom stereocenters. The average molecular weight is 473 g/mol. The number of hydrogen-bond donors (Lipinski definition) is 2. The van der Waals surface area contributed by atoms with Crippen molar-refractivity contribution in [1.29, 1.82) is 0 Å². The van der Waals surface area contributed by atoms with Crippen molar-refractivity contribution in [2.45, 2.75) is 6.42 Å². The molecule has 1 amide bonds. The maximum atomic E-state index is 12.9. The number of nitrogens with one attached hydrogen (secondary N) is 1. The van der Waals surface area contributed by atoms with Crippen molar-refractivity contribution in [3.05, 3.63) is 71.9 Å². The minimum atomic E-state index is -0.0493. The van der Waals surface area contributed by atoms with Crippen molar-refractivity contribution in [3.8, 4) is 17.1 Å². The zero-order valence-electron chi connectivity index (χ0n) is 19.6. The Kier molecular flexibility index (Phi) is 6.69. The van der Waals surface area contributed by atoms with Gasteiger partial charge < -0.3 is 24.6 Å². The molecule has 0 atom stereocenters. The second-order valence-corrected chi connectivity index (χ2v) is 8.68. The molecule has 9 heteroatoms. The van der Waals surface area contributed by atoms with Gasteiger partial charge in [-0.1, -0.05) is 6.07 Å². The number of likely N-dealkylation sites (N-methyl/N-ethyl adjacent to an activating group) is 1. The van der Waals surface area contributed by atoms with E-state index in [9.17, 15) is 4.79 Å². The van der Waals surface area contributed by atoms with Crippen LogP contribution in [0.3, 0.4) is 0 Å². The normalized spacial score (nSPS) is 14.4. The van der Waals surface area contributed by atoms with Crippen molar-refractivity contribution in [2.24, 2.45) is 0 Å². The van der Waals surface area contributed by atoms with Crippen molar-refractivity contribution >= 4 is 16.8 Å². The number of carbonyl (C=O) groups excluding carboxylic acids is 1.